The molecular weight excluding hydrogens is 353 g/mol. The standard InChI is InChI=1S/C16H14ClF3N2O.C2H6/c1-9-10-5-2-3-8-13(10)22(21-9)15(23)14-11(16(18,19)20)6-4-7-12(14)17;1-2/h4,6-7H,2-3,5,8H2,1H3;1-2H3. The highest BCUT2D eigenvalue weighted by atomic mass is 35.5. The quantitative estimate of drug-likeness (QED) is 0.666. The molecule has 1 heterocycles. The van der Waals surface area contributed by atoms with Crippen LogP contribution in [-0.2, 0) is 19.0 Å². The van der Waals surface area contributed by atoms with Crippen molar-refractivity contribution in [2.24, 2.45) is 0 Å². The van der Waals surface area contributed by atoms with Crippen LogP contribution in [0.1, 0.15) is 59.6 Å². The van der Waals surface area contributed by atoms with E-state index in [0.717, 1.165) is 35.6 Å². The summed E-state index contributed by atoms with van der Waals surface area (Å²) >= 11 is 5.91. The molecule has 0 saturated carbocycles. The largest absolute Gasteiger partial charge is 0.417 e. The van der Waals surface area contributed by atoms with Crippen molar-refractivity contribution in [2.45, 2.75) is 52.6 Å². The van der Waals surface area contributed by atoms with Crippen molar-refractivity contribution in [3.8, 4) is 0 Å². The summed E-state index contributed by atoms with van der Waals surface area (Å²) in [6.07, 6.45) is -1.34. The van der Waals surface area contributed by atoms with Crippen LogP contribution in [0.5, 0.6) is 0 Å². The number of benzene rings is 1. The molecule has 25 heavy (non-hydrogen) atoms. The van der Waals surface area contributed by atoms with Crippen molar-refractivity contribution in [3.63, 3.8) is 0 Å². The molecule has 1 aliphatic carbocycles. The van der Waals surface area contributed by atoms with Crippen LogP contribution in [0.15, 0.2) is 18.2 Å². The number of carbonyl (C=O) groups excluding carboxylic acids is 1. The maximum absolute atomic E-state index is 13.2. The number of aromatic nitrogens is 2. The molecule has 3 rings (SSSR count). The topological polar surface area (TPSA) is 34.9 Å². The van der Waals surface area contributed by atoms with Gasteiger partial charge in [-0.15, -0.1) is 0 Å². The van der Waals surface area contributed by atoms with Crippen molar-refractivity contribution in [3.05, 3.63) is 51.3 Å². The van der Waals surface area contributed by atoms with Gasteiger partial charge in [-0.25, -0.2) is 4.68 Å². The molecule has 0 unspecified atom stereocenters. The molecule has 0 N–H and O–H groups in total. The third kappa shape index (κ3) is 3.73. The fourth-order valence-corrected chi connectivity index (χ4v) is 3.29. The Morgan fingerprint density at radius 1 is 1.20 bits per heavy atom. The molecule has 0 aliphatic heterocycles. The summed E-state index contributed by atoms with van der Waals surface area (Å²) < 4.78 is 40.7. The number of hydrogen-bond donors (Lipinski definition) is 0. The highest BCUT2D eigenvalue weighted by Crippen LogP contribution is 2.36. The molecule has 7 heteroatoms. The Hall–Kier alpha value is -1.82. The van der Waals surface area contributed by atoms with Gasteiger partial charge in [0, 0.05) is 0 Å². The summed E-state index contributed by atoms with van der Waals surface area (Å²) in [7, 11) is 0. The van der Waals surface area contributed by atoms with Gasteiger partial charge in [0.25, 0.3) is 5.91 Å². The summed E-state index contributed by atoms with van der Waals surface area (Å²) in [4.78, 5) is 12.7. The molecule has 0 spiro atoms. The Morgan fingerprint density at radius 2 is 1.84 bits per heavy atom. The highest BCUT2D eigenvalue weighted by molar-refractivity contribution is 6.34. The van der Waals surface area contributed by atoms with Crippen LogP contribution >= 0.6 is 11.6 Å². The average Bonchev–Trinajstić information content (AvgIpc) is 2.92. The lowest BCUT2D eigenvalue weighted by Gasteiger charge is -2.16. The summed E-state index contributed by atoms with van der Waals surface area (Å²) in [5.41, 5.74) is 0.774. The zero-order valence-corrected chi connectivity index (χ0v) is 15.1. The zero-order chi connectivity index (χ0) is 18.8. The van der Waals surface area contributed by atoms with Gasteiger partial charge in [-0.3, -0.25) is 4.79 Å². The number of hydrogen-bond acceptors (Lipinski definition) is 2. The van der Waals surface area contributed by atoms with E-state index in [1.54, 1.807) is 6.92 Å². The third-order valence-electron chi connectivity index (χ3n) is 4.11. The molecule has 0 radical (unpaired) electrons. The monoisotopic (exact) mass is 372 g/mol. The first kappa shape index (κ1) is 19.5. The van der Waals surface area contributed by atoms with E-state index in [-0.39, 0.29) is 5.02 Å². The predicted molar refractivity (Wildman–Crippen MR) is 91.1 cm³/mol. The van der Waals surface area contributed by atoms with E-state index in [0.29, 0.717) is 17.8 Å². The van der Waals surface area contributed by atoms with Crippen LogP contribution in [0.2, 0.25) is 5.02 Å². The summed E-state index contributed by atoms with van der Waals surface area (Å²) in [5.74, 6) is -0.825. The maximum Gasteiger partial charge on any atom is 0.417 e. The van der Waals surface area contributed by atoms with E-state index in [1.807, 2.05) is 13.8 Å². The van der Waals surface area contributed by atoms with Crippen LogP contribution in [0, 0.1) is 6.92 Å². The van der Waals surface area contributed by atoms with Crippen molar-refractivity contribution in [1.29, 1.82) is 0 Å². The third-order valence-corrected chi connectivity index (χ3v) is 4.42. The van der Waals surface area contributed by atoms with Crippen LogP contribution in [0.3, 0.4) is 0 Å². The molecule has 1 aromatic heterocycles. The lowest BCUT2D eigenvalue weighted by atomic mass is 9.96. The Kier molecular flexibility index (Phi) is 5.93. The first-order valence-corrected chi connectivity index (χ1v) is 8.66. The van der Waals surface area contributed by atoms with Crippen molar-refractivity contribution in [2.75, 3.05) is 0 Å². The van der Waals surface area contributed by atoms with Gasteiger partial charge >= 0.3 is 6.18 Å². The number of aryl methyl sites for hydroxylation is 1. The predicted octanol–water partition coefficient (Wildman–Crippen LogP) is 5.46. The molecule has 0 saturated heterocycles. The maximum atomic E-state index is 13.2. The van der Waals surface area contributed by atoms with Crippen molar-refractivity contribution < 1.29 is 18.0 Å². The molecule has 1 aliphatic rings. The summed E-state index contributed by atoms with van der Waals surface area (Å²) in [6.45, 7) is 5.77. The summed E-state index contributed by atoms with van der Waals surface area (Å²) in [6, 6.07) is 3.33. The van der Waals surface area contributed by atoms with Crippen molar-refractivity contribution in [1.82, 2.24) is 9.78 Å². The van der Waals surface area contributed by atoms with Crippen LogP contribution < -0.4 is 0 Å². The van der Waals surface area contributed by atoms with E-state index in [4.69, 9.17) is 11.6 Å². The van der Waals surface area contributed by atoms with Gasteiger partial charge in [-0.05, 0) is 50.3 Å². The number of carbonyl (C=O) groups is 1. The normalized spacial score (nSPS) is 13.7. The van der Waals surface area contributed by atoms with Crippen LogP contribution in [0.4, 0.5) is 13.2 Å². The first-order chi connectivity index (χ1) is 11.8. The van der Waals surface area contributed by atoms with Gasteiger partial charge in [0.1, 0.15) is 0 Å². The van der Waals surface area contributed by atoms with E-state index < -0.39 is 23.2 Å². The van der Waals surface area contributed by atoms with Gasteiger partial charge in [0.2, 0.25) is 0 Å². The number of alkyl halides is 3. The second kappa shape index (κ2) is 7.60. The van der Waals surface area contributed by atoms with Gasteiger partial charge < -0.3 is 0 Å². The molecular formula is C18H20ClF3N2O. The van der Waals surface area contributed by atoms with E-state index in [9.17, 15) is 18.0 Å². The van der Waals surface area contributed by atoms with E-state index in [2.05, 4.69) is 5.10 Å². The minimum absolute atomic E-state index is 0.220. The first-order valence-electron chi connectivity index (χ1n) is 8.28. The Labute approximate surface area is 149 Å². The smallest absolute Gasteiger partial charge is 0.267 e. The average molecular weight is 373 g/mol. The zero-order valence-electron chi connectivity index (χ0n) is 14.4. The lowest BCUT2D eigenvalue weighted by Crippen LogP contribution is -2.22. The fourth-order valence-electron chi connectivity index (χ4n) is 3.04. The van der Waals surface area contributed by atoms with Gasteiger partial charge in [0.05, 0.1) is 27.5 Å². The second-order valence-electron chi connectivity index (χ2n) is 5.59. The van der Waals surface area contributed by atoms with Crippen LogP contribution in [-0.4, -0.2) is 15.7 Å². The highest BCUT2D eigenvalue weighted by Gasteiger charge is 2.37. The number of fused-ring (bicyclic) bond motifs is 1. The molecule has 0 atom stereocenters. The van der Waals surface area contributed by atoms with Gasteiger partial charge in [0.15, 0.2) is 0 Å². The Balaban J connectivity index is 0.00000109. The molecule has 0 bridgehead atoms. The molecule has 136 valence electrons. The fraction of sp³-hybridized carbons (Fsp3) is 0.444. The lowest BCUT2D eigenvalue weighted by molar-refractivity contribution is -0.137. The molecule has 3 nitrogen and oxygen atoms in total. The van der Waals surface area contributed by atoms with E-state index in [1.165, 1.54) is 12.1 Å². The Morgan fingerprint density at radius 3 is 2.48 bits per heavy atom. The molecule has 1 aromatic carbocycles. The molecule has 0 amide bonds. The minimum Gasteiger partial charge on any atom is -0.267 e. The van der Waals surface area contributed by atoms with Gasteiger partial charge in [-0.1, -0.05) is 31.5 Å². The minimum atomic E-state index is -4.65. The number of nitrogens with zero attached hydrogens (tertiary/aromatic N) is 2. The molecule has 0 fully saturated rings. The number of halogens is 4. The molecule has 2 aromatic rings. The Bertz CT molecular complexity index is 781. The van der Waals surface area contributed by atoms with Crippen LogP contribution in [0.25, 0.3) is 0 Å². The van der Waals surface area contributed by atoms with Gasteiger partial charge in [-0.2, -0.15) is 18.3 Å². The SMILES string of the molecule is CC.Cc1nn(C(=O)c2c(Cl)cccc2C(F)(F)F)c2c1CCCC2. The second-order valence-corrected chi connectivity index (χ2v) is 6.00. The number of rotatable bonds is 1. The van der Waals surface area contributed by atoms with Crippen molar-refractivity contribution >= 4 is 17.5 Å². The summed E-state index contributed by atoms with van der Waals surface area (Å²) in [5, 5.41) is 3.95. The van der Waals surface area contributed by atoms with E-state index >= 15 is 0 Å².